The van der Waals surface area contributed by atoms with Gasteiger partial charge in [0.25, 0.3) is 11.8 Å². The number of nitrogens with one attached hydrogen (secondary N) is 1. The lowest BCUT2D eigenvalue weighted by molar-refractivity contribution is -0.142. The molecular weight excluding hydrogens is 368 g/mol. The number of carbonyl (C=O) groups excluding carboxylic acids is 3. The molecule has 4 N–H and O–H groups in total. The number of aliphatic carboxylic acids is 1. The third-order valence-corrected chi connectivity index (χ3v) is 6.25. The van der Waals surface area contributed by atoms with Crippen molar-refractivity contribution >= 4 is 51.8 Å². The number of hydrazine groups is 1. The summed E-state index contributed by atoms with van der Waals surface area (Å²) in [4.78, 5) is 50.5. The third kappa shape index (κ3) is 2.79. The third-order valence-electron chi connectivity index (χ3n) is 3.88. The van der Waals surface area contributed by atoms with Crippen LogP contribution < -0.4 is 16.2 Å². The number of anilines is 1. The smallest absolute Gasteiger partial charge is 0.334 e. The van der Waals surface area contributed by atoms with Crippen molar-refractivity contribution in [1.29, 1.82) is 0 Å². The standard InChI is InChI=1S/C14H14N4O5S2/c1-6(19)18(8-3-2-4-24-8)9-12(21)17-5-7(14(22)23)10(11(20)16-15)25-13(9)17/h2-5,9-10,13H,15H2,1H3,(H,16,20)(H,22,23)/t9?,10?,13-/m1/s1. The van der Waals surface area contributed by atoms with E-state index in [2.05, 4.69) is 0 Å². The van der Waals surface area contributed by atoms with Crippen LogP contribution in [0.4, 0.5) is 5.00 Å². The summed E-state index contributed by atoms with van der Waals surface area (Å²) in [7, 11) is 0. The lowest BCUT2D eigenvalue weighted by Crippen LogP contribution is -2.70. The second kappa shape index (κ2) is 6.50. The van der Waals surface area contributed by atoms with E-state index in [0.29, 0.717) is 5.00 Å². The zero-order chi connectivity index (χ0) is 18.3. The van der Waals surface area contributed by atoms with E-state index in [1.165, 1.54) is 28.1 Å². The number of nitrogens with two attached hydrogens (primary N) is 1. The summed E-state index contributed by atoms with van der Waals surface area (Å²) in [5.41, 5.74) is 1.70. The summed E-state index contributed by atoms with van der Waals surface area (Å²) >= 11 is 2.29. The van der Waals surface area contributed by atoms with Crippen molar-refractivity contribution in [3.05, 3.63) is 29.3 Å². The first-order chi connectivity index (χ1) is 11.9. The molecule has 2 unspecified atom stereocenters. The van der Waals surface area contributed by atoms with Crippen LogP contribution in [0.3, 0.4) is 0 Å². The molecule has 1 aromatic rings. The summed E-state index contributed by atoms with van der Waals surface area (Å²) < 4.78 is 0. The van der Waals surface area contributed by atoms with Crippen LogP contribution in [0, 0.1) is 0 Å². The SMILES string of the molecule is CC(=O)N(c1cccs1)C1C(=O)N2C=C(C(=O)O)C(C(=O)NN)S[C@H]12. The fraction of sp³-hybridized carbons (Fsp3) is 0.286. The minimum atomic E-state index is -1.31. The number of β-lactam (4-membered cyclic amide) rings is 1. The van der Waals surface area contributed by atoms with E-state index in [1.807, 2.05) is 5.43 Å². The van der Waals surface area contributed by atoms with E-state index in [9.17, 15) is 24.3 Å². The fourth-order valence-electron chi connectivity index (χ4n) is 2.76. The molecule has 2 aliphatic heterocycles. The zero-order valence-electron chi connectivity index (χ0n) is 12.9. The number of nitrogens with zero attached hydrogens (tertiary/aromatic N) is 2. The van der Waals surface area contributed by atoms with Crippen molar-refractivity contribution in [3.63, 3.8) is 0 Å². The summed E-state index contributed by atoms with van der Waals surface area (Å²) in [5, 5.41) is 10.0. The minimum absolute atomic E-state index is 0.235. The maximum absolute atomic E-state index is 12.5. The van der Waals surface area contributed by atoms with Gasteiger partial charge in [0, 0.05) is 13.1 Å². The zero-order valence-corrected chi connectivity index (χ0v) is 14.5. The highest BCUT2D eigenvalue weighted by Crippen LogP contribution is 2.44. The van der Waals surface area contributed by atoms with Crippen LogP contribution in [0.15, 0.2) is 29.3 Å². The number of hydrogen-bond acceptors (Lipinski definition) is 7. The van der Waals surface area contributed by atoms with Gasteiger partial charge in [-0.3, -0.25) is 24.7 Å². The predicted molar refractivity (Wildman–Crippen MR) is 91.3 cm³/mol. The summed E-state index contributed by atoms with van der Waals surface area (Å²) in [6, 6.07) is 2.68. The van der Waals surface area contributed by atoms with Crippen molar-refractivity contribution < 1.29 is 24.3 Å². The lowest BCUT2D eigenvalue weighted by atomic mass is 10.0. The first-order valence-corrected chi connectivity index (χ1v) is 8.95. The van der Waals surface area contributed by atoms with Gasteiger partial charge in [0.2, 0.25) is 5.91 Å². The van der Waals surface area contributed by atoms with Crippen LogP contribution in [0.25, 0.3) is 0 Å². The Bertz CT molecular complexity index is 778. The van der Waals surface area contributed by atoms with E-state index < -0.39 is 34.4 Å². The Morgan fingerprint density at radius 3 is 2.64 bits per heavy atom. The molecule has 0 aromatic carbocycles. The van der Waals surface area contributed by atoms with Crippen LogP contribution in [-0.2, 0) is 19.2 Å². The molecule has 0 aliphatic carbocycles. The van der Waals surface area contributed by atoms with E-state index in [1.54, 1.807) is 17.5 Å². The van der Waals surface area contributed by atoms with Gasteiger partial charge < -0.3 is 10.0 Å². The number of carboxylic acid groups (broad SMARTS) is 1. The average molecular weight is 382 g/mol. The largest absolute Gasteiger partial charge is 0.478 e. The number of thioether (sulfide) groups is 1. The van der Waals surface area contributed by atoms with Crippen molar-refractivity contribution in [2.45, 2.75) is 23.6 Å². The van der Waals surface area contributed by atoms with Gasteiger partial charge in [-0.2, -0.15) is 0 Å². The molecule has 1 fully saturated rings. The van der Waals surface area contributed by atoms with Crippen LogP contribution in [-0.4, -0.2) is 50.4 Å². The number of carbonyl (C=O) groups is 4. The van der Waals surface area contributed by atoms with Crippen LogP contribution >= 0.6 is 23.1 Å². The Morgan fingerprint density at radius 2 is 2.12 bits per heavy atom. The van der Waals surface area contributed by atoms with Gasteiger partial charge >= 0.3 is 5.97 Å². The molecule has 25 heavy (non-hydrogen) atoms. The number of thiophene rings is 1. The highest BCUT2D eigenvalue weighted by Gasteiger charge is 2.56. The fourth-order valence-corrected chi connectivity index (χ4v) is 5.03. The monoisotopic (exact) mass is 382 g/mol. The number of carboxylic acids is 1. The summed E-state index contributed by atoms with van der Waals surface area (Å²) in [5.74, 6) is 2.44. The molecule has 9 nitrogen and oxygen atoms in total. The second-order valence-electron chi connectivity index (χ2n) is 5.34. The number of amides is 3. The Labute approximate surface area is 150 Å². The average Bonchev–Trinajstić information content (AvgIpc) is 3.10. The quantitative estimate of drug-likeness (QED) is 0.282. The summed E-state index contributed by atoms with van der Waals surface area (Å²) in [6.45, 7) is 1.35. The topological polar surface area (TPSA) is 133 Å². The van der Waals surface area contributed by atoms with Gasteiger partial charge in [0.1, 0.15) is 16.7 Å². The van der Waals surface area contributed by atoms with Gasteiger partial charge in [0.15, 0.2) is 0 Å². The molecule has 1 aromatic heterocycles. The molecule has 2 aliphatic rings. The molecule has 0 spiro atoms. The highest BCUT2D eigenvalue weighted by atomic mass is 32.2. The molecule has 1 saturated heterocycles. The van der Waals surface area contributed by atoms with E-state index in [4.69, 9.17) is 5.84 Å². The van der Waals surface area contributed by atoms with Crippen LogP contribution in [0.1, 0.15) is 6.92 Å². The maximum Gasteiger partial charge on any atom is 0.334 e. The van der Waals surface area contributed by atoms with E-state index >= 15 is 0 Å². The second-order valence-corrected chi connectivity index (χ2v) is 7.49. The predicted octanol–water partition coefficient (Wildman–Crippen LogP) is -0.288. The maximum atomic E-state index is 12.5. The number of hydrogen-bond donors (Lipinski definition) is 3. The van der Waals surface area contributed by atoms with Crippen molar-refractivity contribution in [1.82, 2.24) is 10.3 Å². The van der Waals surface area contributed by atoms with Crippen LogP contribution in [0.2, 0.25) is 0 Å². The molecule has 0 radical (unpaired) electrons. The molecule has 11 heteroatoms. The molecular formula is C14H14N4O5S2. The van der Waals surface area contributed by atoms with E-state index in [0.717, 1.165) is 18.0 Å². The van der Waals surface area contributed by atoms with Crippen molar-refractivity contribution in [2.24, 2.45) is 5.84 Å². The Morgan fingerprint density at radius 1 is 1.40 bits per heavy atom. The van der Waals surface area contributed by atoms with Crippen LogP contribution in [0.5, 0.6) is 0 Å². The van der Waals surface area contributed by atoms with Gasteiger partial charge in [-0.15, -0.1) is 23.1 Å². The molecule has 3 atom stereocenters. The first-order valence-electron chi connectivity index (χ1n) is 7.13. The molecule has 3 rings (SSSR count). The first kappa shape index (κ1) is 17.5. The molecule has 0 saturated carbocycles. The number of fused-ring (bicyclic) bond motifs is 1. The molecule has 0 bridgehead atoms. The number of rotatable bonds is 4. The molecule has 3 heterocycles. The minimum Gasteiger partial charge on any atom is -0.478 e. The van der Waals surface area contributed by atoms with Gasteiger partial charge in [-0.05, 0) is 17.5 Å². The van der Waals surface area contributed by atoms with Gasteiger partial charge in [-0.25, -0.2) is 10.6 Å². The van der Waals surface area contributed by atoms with E-state index in [-0.39, 0.29) is 11.5 Å². The Hall–Kier alpha value is -2.37. The normalized spacial score (nSPS) is 24.7. The van der Waals surface area contributed by atoms with Crippen molar-refractivity contribution in [2.75, 3.05) is 4.90 Å². The Balaban J connectivity index is 1.95. The van der Waals surface area contributed by atoms with Crippen molar-refractivity contribution in [3.8, 4) is 0 Å². The van der Waals surface area contributed by atoms with Gasteiger partial charge in [-0.1, -0.05) is 0 Å². The summed E-state index contributed by atoms with van der Waals surface area (Å²) in [6.07, 6.45) is 1.15. The molecule has 3 amide bonds. The highest BCUT2D eigenvalue weighted by molar-refractivity contribution is 8.01. The molecule has 132 valence electrons. The van der Waals surface area contributed by atoms with Gasteiger partial charge in [0.05, 0.1) is 10.6 Å². The lowest BCUT2D eigenvalue weighted by Gasteiger charge is -2.51. The Kier molecular flexibility index (Phi) is 4.54.